The van der Waals surface area contributed by atoms with Crippen LogP contribution in [0.3, 0.4) is 0 Å². The Labute approximate surface area is 263 Å². The second-order valence-corrected chi connectivity index (χ2v) is 11.5. The Kier molecular flexibility index (Phi) is 11.0. The molecule has 4 aromatic rings. The van der Waals surface area contributed by atoms with Crippen LogP contribution in [0.25, 0.3) is 0 Å². The number of hydrogen-bond acceptors (Lipinski definition) is 6. The highest BCUT2D eigenvalue weighted by Gasteiger charge is 2.29. The molecule has 0 fully saturated rings. The first-order valence-electron chi connectivity index (χ1n) is 15.0. The Morgan fingerprint density at radius 2 is 0.622 bits per heavy atom. The average Bonchev–Trinajstić information content (AvgIpc) is 3.05. The molecular formula is C39H36O6. The second kappa shape index (κ2) is 15.1. The van der Waals surface area contributed by atoms with Crippen molar-refractivity contribution < 1.29 is 28.8 Å². The third-order valence-corrected chi connectivity index (χ3v) is 8.03. The van der Waals surface area contributed by atoms with Crippen LogP contribution in [0.15, 0.2) is 109 Å². The molecule has 6 heteroatoms. The van der Waals surface area contributed by atoms with E-state index >= 15 is 0 Å². The van der Waals surface area contributed by atoms with Crippen LogP contribution in [0, 0.1) is 17.8 Å². The fraction of sp³-hybridized carbons (Fsp3) is 0.231. The molecule has 3 atom stereocenters. The first-order chi connectivity index (χ1) is 21.5. The Balaban J connectivity index is 1.74. The van der Waals surface area contributed by atoms with Crippen molar-refractivity contribution in [3.63, 3.8) is 0 Å². The number of hydrogen-bond donors (Lipinski definition) is 0. The van der Waals surface area contributed by atoms with Crippen molar-refractivity contribution in [2.24, 2.45) is 17.8 Å². The lowest BCUT2D eigenvalue weighted by molar-refractivity contribution is -0.120. The normalized spacial score (nSPS) is 12.9. The van der Waals surface area contributed by atoms with Crippen molar-refractivity contribution in [1.29, 1.82) is 0 Å². The Hall–Kier alpha value is -5.10. The van der Waals surface area contributed by atoms with Crippen LogP contribution in [-0.4, -0.2) is 34.7 Å². The quantitative estimate of drug-likeness (QED) is 0.113. The molecule has 0 saturated carbocycles. The van der Waals surface area contributed by atoms with E-state index in [-0.39, 0.29) is 54.0 Å². The fourth-order valence-electron chi connectivity index (χ4n) is 5.57. The highest BCUT2D eigenvalue weighted by Crippen LogP contribution is 2.25. The second-order valence-electron chi connectivity index (χ2n) is 11.5. The number of ketones is 6. The summed E-state index contributed by atoms with van der Waals surface area (Å²) in [5.74, 6) is -4.68. The number of carbonyl (C=O) groups excluding carboxylic acids is 6. The van der Waals surface area contributed by atoms with Crippen LogP contribution < -0.4 is 0 Å². The number of rotatable bonds is 15. The molecule has 228 valence electrons. The van der Waals surface area contributed by atoms with Crippen molar-refractivity contribution in [3.05, 3.63) is 143 Å². The van der Waals surface area contributed by atoms with E-state index in [0.29, 0.717) is 33.4 Å². The summed E-state index contributed by atoms with van der Waals surface area (Å²) in [4.78, 5) is 78.4. The summed E-state index contributed by atoms with van der Waals surface area (Å²) in [6.07, 6.45) is 0.246. The summed E-state index contributed by atoms with van der Waals surface area (Å²) in [5, 5.41) is 0. The zero-order valence-corrected chi connectivity index (χ0v) is 25.7. The monoisotopic (exact) mass is 600 g/mol. The zero-order chi connectivity index (χ0) is 32.5. The van der Waals surface area contributed by atoms with Gasteiger partial charge >= 0.3 is 0 Å². The first kappa shape index (κ1) is 32.8. The summed E-state index contributed by atoms with van der Waals surface area (Å²) in [5.41, 5.74) is 3.17. The molecule has 3 unspecified atom stereocenters. The minimum Gasteiger partial charge on any atom is -0.299 e. The maximum absolute atomic E-state index is 13.4. The minimum absolute atomic E-state index is 0.0820. The molecule has 0 aromatic heterocycles. The lowest BCUT2D eigenvalue weighted by Crippen LogP contribution is -2.27. The van der Waals surface area contributed by atoms with Gasteiger partial charge in [-0.2, -0.15) is 0 Å². The van der Waals surface area contributed by atoms with Gasteiger partial charge < -0.3 is 0 Å². The third kappa shape index (κ3) is 8.51. The first-order valence-corrected chi connectivity index (χ1v) is 15.0. The minimum atomic E-state index is -0.959. The van der Waals surface area contributed by atoms with Gasteiger partial charge in [0.1, 0.15) is 17.3 Å². The largest absolute Gasteiger partial charge is 0.299 e. The standard InChI is InChI=1S/C39H36O6/c1-25(40)34(37(43)31-13-7-4-8-14-31)22-28-19-29(23-35(26(2)41)38(44)32-15-9-5-10-16-32)21-30(20-28)24-36(27(3)42)39(45)33-17-11-6-12-18-33/h4-21,34-36H,22-24H2,1-3H3. The van der Waals surface area contributed by atoms with Gasteiger partial charge in [-0.25, -0.2) is 0 Å². The number of Topliss-reactive ketones (excluding diaryl/α,β-unsaturated/α-hetero) is 6. The summed E-state index contributed by atoms with van der Waals surface area (Å²) in [6.45, 7) is 4.14. The van der Waals surface area contributed by atoms with E-state index < -0.39 is 17.8 Å². The molecule has 0 N–H and O–H groups in total. The summed E-state index contributed by atoms with van der Waals surface area (Å²) >= 11 is 0. The van der Waals surface area contributed by atoms with Crippen LogP contribution in [0.1, 0.15) is 68.5 Å². The predicted octanol–water partition coefficient (Wildman–Crippen LogP) is 6.58. The van der Waals surface area contributed by atoms with Crippen molar-refractivity contribution in [3.8, 4) is 0 Å². The Morgan fingerprint density at radius 1 is 0.400 bits per heavy atom. The van der Waals surface area contributed by atoms with Crippen molar-refractivity contribution in [1.82, 2.24) is 0 Å². The molecule has 0 amide bonds. The van der Waals surface area contributed by atoms with Gasteiger partial charge in [-0.05, 0) is 56.7 Å². The van der Waals surface area contributed by atoms with Gasteiger partial charge in [0.25, 0.3) is 0 Å². The van der Waals surface area contributed by atoms with Gasteiger partial charge in [-0.1, -0.05) is 109 Å². The van der Waals surface area contributed by atoms with Crippen LogP contribution in [0.5, 0.6) is 0 Å². The van der Waals surface area contributed by atoms with Crippen molar-refractivity contribution in [2.45, 2.75) is 40.0 Å². The summed E-state index contributed by atoms with van der Waals surface area (Å²) in [6, 6.07) is 31.2. The van der Waals surface area contributed by atoms with E-state index in [2.05, 4.69) is 0 Å². The topological polar surface area (TPSA) is 102 Å². The van der Waals surface area contributed by atoms with Crippen LogP contribution in [0.2, 0.25) is 0 Å². The molecule has 0 radical (unpaired) electrons. The van der Waals surface area contributed by atoms with E-state index in [0.717, 1.165) is 0 Å². The van der Waals surface area contributed by atoms with Crippen molar-refractivity contribution >= 4 is 34.7 Å². The van der Waals surface area contributed by atoms with Crippen LogP contribution in [-0.2, 0) is 33.6 Å². The lowest BCUT2D eigenvalue weighted by Gasteiger charge is -2.19. The van der Waals surface area contributed by atoms with Crippen molar-refractivity contribution in [2.75, 3.05) is 0 Å². The van der Waals surface area contributed by atoms with Gasteiger partial charge in [-0.15, -0.1) is 0 Å². The van der Waals surface area contributed by atoms with Gasteiger partial charge in [0.2, 0.25) is 0 Å². The molecule has 45 heavy (non-hydrogen) atoms. The highest BCUT2D eigenvalue weighted by atomic mass is 16.2. The molecule has 0 aliphatic rings. The number of carbonyl (C=O) groups is 6. The third-order valence-electron chi connectivity index (χ3n) is 8.03. The van der Waals surface area contributed by atoms with E-state index in [1.165, 1.54) is 20.8 Å². The molecule has 4 aromatic carbocycles. The average molecular weight is 601 g/mol. The molecule has 6 nitrogen and oxygen atoms in total. The summed E-state index contributed by atoms with van der Waals surface area (Å²) < 4.78 is 0. The maximum Gasteiger partial charge on any atom is 0.173 e. The zero-order valence-electron chi connectivity index (χ0n) is 25.7. The van der Waals surface area contributed by atoms with E-state index in [9.17, 15) is 28.8 Å². The Bertz CT molecular complexity index is 1490. The lowest BCUT2D eigenvalue weighted by atomic mass is 9.83. The van der Waals surface area contributed by atoms with E-state index in [1.54, 1.807) is 109 Å². The number of benzene rings is 4. The van der Waals surface area contributed by atoms with Crippen LogP contribution >= 0.6 is 0 Å². The van der Waals surface area contributed by atoms with E-state index in [1.807, 2.05) is 0 Å². The van der Waals surface area contributed by atoms with Gasteiger partial charge in [0, 0.05) is 16.7 Å². The maximum atomic E-state index is 13.4. The highest BCUT2D eigenvalue weighted by molar-refractivity contribution is 6.11. The van der Waals surface area contributed by atoms with E-state index in [4.69, 9.17) is 0 Å². The van der Waals surface area contributed by atoms with Crippen LogP contribution in [0.4, 0.5) is 0 Å². The molecule has 0 bridgehead atoms. The fourth-order valence-corrected chi connectivity index (χ4v) is 5.57. The molecular weight excluding hydrogens is 564 g/mol. The van der Waals surface area contributed by atoms with Gasteiger partial charge in [-0.3, -0.25) is 28.8 Å². The Morgan fingerprint density at radius 3 is 0.822 bits per heavy atom. The van der Waals surface area contributed by atoms with Gasteiger partial charge in [0.15, 0.2) is 17.3 Å². The molecule has 0 heterocycles. The predicted molar refractivity (Wildman–Crippen MR) is 172 cm³/mol. The molecule has 0 aliphatic carbocycles. The smallest absolute Gasteiger partial charge is 0.173 e. The summed E-state index contributed by atoms with van der Waals surface area (Å²) in [7, 11) is 0. The van der Waals surface area contributed by atoms with Gasteiger partial charge in [0.05, 0.1) is 17.8 Å². The molecule has 0 spiro atoms. The SMILES string of the molecule is CC(=O)C(Cc1cc(CC(C(C)=O)C(=O)c2ccccc2)cc(CC(C(C)=O)C(=O)c2ccccc2)c1)C(=O)c1ccccc1. The molecule has 4 rings (SSSR count). The molecule has 0 aliphatic heterocycles. The molecule has 0 saturated heterocycles.